The summed E-state index contributed by atoms with van der Waals surface area (Å²) in [5.74, 6) is 5.68. The van der Waals surface area contributed by atoms with E-state index in [1.54, 1.807) is 30.3 Å². The van der Waals surface area contributed by atoms with Crippen LogP contribution in [0.1, 0.15) is 51.1 Å². The van der Waals surface area contributed by atoms with Crippen LogP contribution in [0.3, 0.4) is 0 Å². The van der Waals surface area contributed by atoms with Crippen molar-refractivity contribution < 1.29 is 9.59 Å². The molecule has 140 valence electrons. The standard InChI is InChI=1S/C24H17N3O2/c25-16-18(17-26)15-20-11-5-4-10-19(20)9-3-1-2-8-14-27-23(28)21-12-6-7-13-22(21)24(27)29/h4-7,10-13,15H,1-2,8,14H2. The Morgan fingerprint density at radius 1 is 0.897 bits per heavy atom. The zero-order valence-electron chi connectivity index (χ0n) is 15.7. The third-order valence-corrected chi connectivity index (χ3v) is 4.54. The Labute approximate surface area is 169 Å². The number of imide groups is 1. The molecule has 5 nitrogen and oxygen atoms in total. The van der Waals surface area contributed by atoms with Gasteiger partial charge in [0.2, 0.25) is 0 Å². The van der Waals surface area contributed by atoms with Gasteiger partial charge < -0.3 is 0 Å². The van der Waals surface area contributed by atoms with Gasteiger partial charge in [0.25, 0.3) is 11.8 Å². The van der Waals surface area contributed by atoms with E-state index in [4.69, 9.17) is 10.5 Å². The quantitative estimate of drug-likeness (QED) is 0.341. The Morgan fingerprint density at radius 2 is 1.52 bits per heavy atom. The average molecular weight is 379 g/mol. The number of hydrogen-bond acceptors (Lipinski definition) is 4. The van der Waals surface area contributed by atoms with E-state index in [0.29, 0.717) is 30.5 Å². The first-order valence-electron chi connectivity index (χ1n) is 9.20. The molecule has 0 N–H and O–H groups in total. The number of carbonyl (C=O) groups is 2. The van der Waals surface area contributed by atoms with Crippen LogP contribution in [-0.2, 0) is 0 Å². The van der Waals surface area contributed by atoms with Gasteiger partial charge in [-0.3, -0.25) is 14.5 Å². The van der Waals surface area contributed by atoms with Crippen molar-refractivity contribution in [3.8, 4) is 24.0 Å². The molecule has 0 saturated carbocycles. The van der Waals surface area contributed by atoms with E-state index in [1.165, 1.54) is 11.0 Å². The summed E-state index contributed by atoms with van der Waals surface area (Å²) in [7, 11) is 0. The van der Waals surface area contributed by atoms with Crippen molar-refractivity contribution in [3.05, 3.63) is 76.4 Å². The zero-order valence-corrected chi connectivity index (χ0v) is 15.7. The third kappa shape index (κ3) is 4.41. The summed E-state index contributed by atoms with van der Waals surface area (Å²) in [6.07, 6.45) is 3.56. The van der Waals surface area contributed by atoms with E-state index < -0.39 is 0 Å². The molecule has 1 heterocycles. The summed E-state index contributed by atoms with van der Waals surface area (Å²) < 4.78 is 0. The van der Waals surface area contributed by atoms with Crippen LogP contribution >= 0.6 is 0 Å². The second kappa shape index (κ2) is 9.18. The fraction of sp³-hybridized carbons (Fsp3) is 0.167. The molecule has 2 aromatic carbocycles. The van der Waals surface area contributed by atoms with Crippen molar-refractivity contribution in [2.75, 3.05) is 6.54 Å². The first-order valence-corrected chi connectivity index (χ1v) is 9.20. The number of benzene rings is 2. The minimum absolute atomic E-state index is 0.0280. The van der Waals surface area contributed by atoms with Crippen molar-refractivity contribution >= 4 is 17.9 Å². The maximum Gasteiger partial charge on any atom is 0.261 e. The van der Waals surface area contributed by atoms with Gasteiger partial charge >= 0.3 is 0 Å². The van der Waals surface area contributed by atoms with E-state index in [9.17, 15) is 9.59 Å². The molecule has 0 aromatic heterocycles. The molecule has 0 unspecified atom stereocenters. The van der Waals surface area contributed by atoms with Crippen molar-refractivity contribution in [2.45, 2.75) is 19.3 Å². The van der Waals surface area contributed by atoms with Crippen LogP contribution in [-0.4, -0.2) is 23.3 Å². The van der Waals surface area contributed by atoms with Gasteiger partial charge in [0.05, 0.1) is 11.1 Å². The molecular weight excluding hydrogens is 362 g/mol. The molecule has 0 bridgehead atoms. The normalized spacial score (nSPS) is 11.7. The minimum Gasteiger partial charge on any atom is -0.274 e. The summed E-state index contributed by atoms with van der Waals surface area (Å²) in [5.41, 5.74) is 2.44. The molecule has 2 amide bonds. The van der Waals surface area contributed by atoms with Crippen molar-refractivity contribution in [3.63, 3.8) is 0 Å². The lowest BCUT2D eigenvalue weighted by atomic mass is 10.1. The fourth-order valence-corrected chi connectivity index (χ4v) is 3.07. The number of rotatable bonds is 5. The van der Waals surface area contributed by atoms with Crippen LogP contribution in [0.25, 0.3) is 6.08 Å². The average Bonchev–Trinajstić information content (AvgIpc) is 3.00. The molecule has 0 aliphatic carbocycles. The molecule has 0 saturated heterocycles. The highest BCUT2D eigenvalue weighted by molar-refractivity contribution is 6.21. The van der Waals surface area contributed by atoms with Crippen molar-refractivity contribution in [2.24, 2.45) is 0 Å². The SMILES string of the molecule is N#CC(C#N)=Cc1ccccc1C#CCCCCN1C(=O)c2ccccc2C1=O. The predicted molar refractivity (Wildman–Crippen MR) is 108 cm³/mol. The van der Waals surface area contributed by atoms with Crippen LogP contribution in [0.4, 0.5) is 0 Å². The van der Waals surface area contributed by atoms with Crippen LogP contribution in [0.15, 0.2) is 54.1 Å². The smallest absolute Gasteiger partial charge is 0.261 e. The maximum atomic E-state index is 12.3. The Balaban J connectivity index is 1.55. The molecule has 0 spiro atoms. The number of fused-ring (bicyclic) bond motifs is 1. The molecule has 1 aliphatic rings. The topological polar surface area (TPSA) is 85.0 Å². The van der Waals surface area contributed by atoms with Gasteiger partial charge in [0.1, 0.15) is 17.7 Å². The predicted octanol–water partition coefficient (Wildman–Crippen LogP) is 3.94. The van der Waals surface area contributed by atoms with Gasteiger partial charge in [-0.25, -0.2) is 0 Å². The highest BCUT2D eigenvalue weighted by Gasteiger charge is 2.34. The molecule has 2 aromatic rings. The van der Waals surface area contributed by atoms with Crippen LogP contribution < -0.4 is 0 Å². The first kappa shape index (κ1) is 19.6. The first-order chi connectivity index (χ1) is 14.2. The number of unbranched alkanes of at least 4 members (excludes halogenated alkanes) is 2. The minimum atomic E-state index is -0.233. The summed E-state index contributed by atoms with van der Waals surface area (Å²) in [4.78, 5) is 25.9. The molecule has 29 heavy (non-hydrogen) atoms. The number of hydrogen-bond donors (Lipinski definition) is 0. The summed E-state index contributed by atoms with van der Waals surface area (Å²) in [5, 5.41) is 17.8. The number of nitriles is 2. The second-order valence-electron chi connectivity index (χ2n) is 6.44. The lowest BCUT2D eigenvalue weighted by molar-refractivity contribution is 0.0652. The highest BCUT2D eigenvalue weighted by Crippen LogP contribution is 2.22. The van der Waals surface area contributed by atoms with Crippen LogP contribution in [0.5, 0.6) is 0 Å². The fourth-order valence-electron chi connectivity index (χ4n) is 3.07. The summed E-state index contributed by atoms with van der Waals surface area (Å²) in [6.45, 7) is 0.376. The van der Waals surface area contributed by atoms with E-state index in [-0.39, 0.29) is 17.4 Å². The third-order valence-electron chi connectivity index (χ3n) is 4.54. The molecular formula is C24H17N3O2. The van der Waals surface area contributed by atoms with Crippen molar-refractivity contribution in [1.29, 1.82) is 10.5 Å². The number of carbonyl (C=O) groups excluding carboxylic acids is 2. The number of amides is 2. The lowest BCUT2D eigenvalue weighted by Gasteiger charge is -2.12. The Hall–Kier alpha value is -4.14. The number of nitrogens with zero attached hydrogens (tertiary/aromatic N) is 3. The molecule has 5 heteroatoms. The van der Waals surface area contributed by atoms with Gasteiger partial charge in [-0.05, 0) is 42.7 Å². The largest absolute Gasteiger partial charge is 0.274 e. The Morgan fingerprint density at radius 3 is 2.17 bits per heavy atom. The van der Waals surface area contributed by atoms with Gasteiger partial charge in [-0.1, -0.05) is 42.2 Å². The molecule has 3 rings (SSSR count). The highest BCUT2D eigenvalue weighted by atomic mass is 16.2. The maximum absolute atomic E-state index is 12.3. The van der Waals surface area contributed by atoms with Gasteiger partial charge in [0, 0.05) is 18.5 Å². The number of allylic oxidation sites excluding steroid dienone is 1. The van der Waals surface area contributed by atoms with E-state index in [0.717, 1.165) is 17.5 Å². The Bertz CT molecular complexity index is 1090. The van der Waals surface area contributed by atoms with E-state index in [2.05, 4.69) is 11.8 Å². The van der Waals surface area contributed by atoms with Crippen LogP contribution in [0, 0.1) is 34.5 Å². The monoisotopic (exact) mass is 379 g/mol. The van der Waals surface area contributed by atoms with Gasteiger partial charge in [0.15, 0.2) is 0 Å². The molecule has 0 atom stereocenters. The summed E-state index contributed by atoms with van der Waals surface area (Å²) in [6, 6.07) is 17.9. The van der Waals surface area contributed by atoms with E-state index >= 15 is 0 Å². The summed E-state index contributed by atoms with van der Waals surface area (Å²) >= 11 is 0. The molecule has 1 aliphatic heterocycles. The molecule has 0 fully saturated rings. The second-order valence-corrected chi connectivity index (χ2v) is 6.44. The van der Waals surface area contributed by atoms with Crippen LogP contribution in [0.2, 0.25) is 0 Å². The van der Waals surface area contributed by atoms with Gasteiger partial charge in [-0.15, -0.1) is 0 Å². The molecule has 0 radical (unpaired) electrons. The Kier molecular flexibility index (Phi) is 6.21. The van der Waals surface area contributed by atoms with Crippen molar-refractivity contribution in [1.82, 2.24) is 4.90 Å². The van der Waals surface area contributed by atoms with Gasteiger partial charge in [-0.2, -0.15) is 10.5 Å². The lowest BCUT2D eigenvalue weighted by Crippen LogP contribution is -2.30. The zero-order chi connectivity index (χ0) is 20.6. The van der Waals surface area contributed by atoms with E-state index in [1.807, 2.05) is 30.3 Å².